The zero-order valence-electron chi connectivity index (χ0n) is 12.8. The lowest BCUT2D eigenvalue weighted by atomic mass is 10.1. The van der Waals surface area contributed by atoms with E-state index in [1.807, 2.05) is 27.1 Å². The van der Waals surface area contributed by atoms with Gasteiger partial charge >= 0.3 is 5.97 Å². The predicted octanol–water partition coefficient (Wildman–Crippen LogP) is 2.47. The van der Waals surface area contributed by atoms with Gasteiger partial charge in [-0.3, -0.25) is 4.68 Å². The summed E-state index contributed by atoms with van der Waals surface area (Å²) in [6.07, 6.45) is 3.50. The highest BCUT2D eigenvalue weighted by Gasteiger charge is 2.13. The zero-order valence-corrected chi connectivity index (χ0v) is 12.8. The molecular formula is C15H20N4O2. The maximum Gasteiger partial charge on any atom is 0.339 e. The van der Waals surface area contributed by atoms with Crippen LogP contribution in [0.15, 0.2) is 24.5 Å². The van der Waals surface area contributed by atoms with Gasteiger partial charge in [0, 0.05) is 25.0 Å². The van der Waals surface area contributed by atoms with Crippen LogP contribution in [0.25, 0.3) is 0 Å². The number of ether oxygens (including phenoxy) is 1. The largest absolute Gasteiger partial charge is 0.462 e. The molecule has 0 aromatic carbocycles. The van der Waals surface area contributed by atoms with Gasteiger partial charge in [0.1, 0.15) is 5.82 Å². The van der Waals surface area contributed by atoms with Crippen molar-refractivity contribution in [3.05, 3.63) is 41.3 Å². The molecule has 0 amide bonds. The number of carbonyl (C=O) groups excluding carboxylic acids is 1. The van der Waals surface area contributed by atoms with Crippen LogP contribution in [0, 0.1) is 6.92 Å². The summed E-state index contributed by atoms with van der Waals surface area (Å²) in [4.78, 5) is 15.8. The van der Waals surface area contributed by atoms with Crippen LogP contribution in [0.1, 0.15) is 41.5 Å². The third kappa shape index (κ3) is 3.59. The molecule has 6 heteroatoms. The molecule has 0 radical (unpaired) electrons. The van der Waals surface area contributed by atoms with E-state index in [1.165, 1.54) is 6.20 Å². The molecule has 0 saturated carbocycles. The number of aromatic nitrogens is 3. The Kier molecular flexibility index (Phi) is 4.57. The van der Waals surface area contributed by atoms with Crippen molar-refractivity contribution < 1.29 is 9.53 Å². The highest BCUT2D eigenvalue weighted by atomic mass is 16.5. The van der Waals surface area contributed by atoms with Gasteiger partial charge in [0.2, 0.25) is 0 Å². The van der Waals surface area contributed by atoms with Gasteiger partial charge < -0.3 is 10.1 Å². The first-order valence-corrected chi connectivity index (χ1v) is 6.91. The molecule has 2 aromatic rings. The molecular weight excluding hydrogens is 268 g/mol. The summed E-state index contributed by atoms with van der Waals surface area (Å²) in [6.45, 7) is 6.16. The normalized spacial score (nSPS) is 12.0. The molecule has 1 atom stereocenters. The average molecular weight is 288 g/mol. The van der Waals surface area contributed by atoms with Gasteiger partial charge in [-0.15, -0.1) is 0 Å². The van der Waals surface area contributed by atoms with E-state index in [-0.39, 0.29) is 12.0 Å². The Hall–Kier alpha value is -2.37. The van der Waals surface area contributed by atoms with Crippen LogP contribution in [0.5, 0.6) is 0 Å². The van der Waals surface area contributed by atoms with Crippen molar-refractivity contribution in [2.24, 2.45) is 7.05 Å². The molecule has 21 heavy (non-hydrogen) atoms. The number of esters is 1. The minimum atomic E-state index is -0.354. The Labute approximate surface area is 124 Å². The first-order valence-electron chi connectivity index (χ1n) is 6.91. The molecule has 112 valence electrons. The second-order valence-corrected chi connectivity index (χ2v) is 4.86. The van der Waals surface area contributed by atoms with Gasteiger partial charge in [-0.05, 0) is 32.9 Å². The summed E-state index contributed by atoms with van der Waals surface area (Å²) in [5, 5.41) is 7.62. The molecule has 2 aromatic heterocycles. The van der Waals surface area contributed by atoms with E-state index in [2.05, 4.69) is 15.4 Å². The van der Waals surface area contributed by atoms with Crippen LogP contribution in [0.2, 0.25) is 0 Å². The molecule has 0 unspecified atom stereocenters. The summed E-state index contributed by atoms with van der Waals surface area (Å²) in [5.41, 5.74) is 2.56. The summed E-state index contributed by atoms with van der Waals surface area (Å²) in [7, 11) is 1.90. The molecule has 6 nitrogen and oxygen atoms in total. The number of hydrogen-bond acceptors (Lipinski definition) is 5. The molecule has 0 spiro atoms. The monoisotopic (exact) mass is 288 g/mol. The summed E-state index contributed by atoms with van der Waals surface area (Å²) < 4.78 is 6.72. The van der Waals surface area contributed by atoms with E-state index in [4.69, 9.17) is 4.74 Å². The first kappa shape index (κ1) is 15.0. The predicted molar refractivity (Wildman–Crippen MR) is 80.2 cm³/mol. The van der Waals surface area contributed by atoms with Gasteiger partial charge in [-0.1, -0.05) is 0 Å². The van der Waals surface area contributed by atoms with E-state index >= 15 is 0 Å². The first-order chi connectivity index (χ1) is 10.0. The van der Waals surface area contributed by atoms with Crippen LogP contribution >= 0.6 is 0 Å². The standard InChI is InChI=1S/C15H20N4O2/c1-5-21-15(20)12-6-7-14(16-8-12)17-10(2)13-9-19(4)18-11(13)3/h6-10H,5H2,1-4H3,(H,16,17)/t10-/m1/s1. The van der Waals surface area contributed by atoms with Crippen molar-refractivity contribution in [1.82, 2.24) is 14.8 Å². The fraction of sp³-hybridized carbons (Fsp3) is 0.400. The smallest absolute Gasteiger partial charge is 0.339 e. The summed E-state index contributed by atoms with van der Waals surface area (Å²) in [6, 6.07) is 3.56. The summed E-state index contributed by atoms with van der Waals surface area (Å²) >= 11 is 0. The lowest BCUT2D eigenvalue weighted by molar-refractivity contribution is 0.0526. The van der Waals surface area contributed by atoms with E-state index in [1.54, 1.807) is 23.7 Å². The summed E-state index contributed by atoms with van der Waals surface area (Å²) in [5.74, 6) is 0.353. The quantitative estimate of drug-likeness (QED) is 0.856. The van der Waals surface area contributed by atoms with Crippen molar-refractivity contribution >= 4 is 11.8 Å². The van der Waals surface area contributed by atoms with Gasteiger partial charge in [0.15, 0.2) is 0 Å². The van der Waals surface area contributed by atoms with Crippen molar-refractivity contribution in [1.29, 1.82) is 0 Å². The zero-order chi connectivity index (χ0) is 15.4. The van der Waals surface area contributed by atoms with Crippen LogP contribution in [-0.4, -0.2) is 27.3 Å². The highest BCUT2D eigenvalue weighted by molar-refractivity contribution is 5.89. The molecule has 0 aliphatic rings. The van der Waals surface area contributed by atoms with Crippen molar-refractivity contribution in [3.8, 4) is 0 Å². The lowest BCUT2D eigenvalue weighted by Gasteiger charge is -2.14. The molecule has 2 rings (SSSR count). The number of carbonyl (C=O) groups is 1. The fourth-order valence-electron chi connectivity index (χ4n) is 2.16. The number of rotatable bonds is 5. The Balaban J connectivity index is 2.06. The van der Waals surface area contributed by atoms with E-state index in [0.29, 0.717) is 18.0 Å². The number of anilines is 1. The second kappa shape index (κ2) is 6.39. The Morgan fingerprint density at radius 3 is 2.76 bits per heavy atom. The van der Waals surface area contributed by atoms with Gasteiger partial charge in [-0.25, -0.2) is 9.78 Å². The van der Waals surface area contributed by atoms with E-state index in [0.717, 1.165) is 11.3 Å². The molecule has 2 heterocycles. The number of pyridine rings is 1. The average Bonchev–Trinajstić information content (AvgIpc) is 2.79. The third-order valence-electron chi connectivity index (χ3n) is 3.16. The molecule has 0 fully saturated rings. The third-order valence-corrected chi connectivity index (χ3v) is 3.16. The minimum absolute atomic E-state index is 0.0830. The molecule has 0 aliphatic heterocycles. The topological polar surface area (TPSA) is 69.0 Å². The van der Waals surface area contributed by atoms with Gasteiger partial charge in [0.25, 0.3) is 0 Å². The molecule has 0 bridgehead atoms. The fourth-order valence-corrected chi connectivity index (χ4v) is 2.16. The number of nitrogens with one attached hydrogen (secondary N) is 1. The Morgan fingerprint density at radius 1 is 1.48 bits per heavy atom. The van der Waals surface area contributed by atoms with Crippen LogP contribution in [0.4, 0.5) is 5.82 Å². The second-order valence-electron chi connectivity index (χ2n) is 4.86. The van der Waals surface area contributed by atoms with Crippen LogP contribution < -0.4 is 5.32 Å². The van der Waals surface area contributed by atoms with Crippen LogP contribution in [0.3, 0.4) is 0 Å². The van der Waals surface area contributed by atoms with E-state index in [9.17, 15) is 4.79 Å². The maximum absolute atomic E-state index is 11.6. The minimum Gasteiger partial charge on any atom is -0.462 e. The van der Waals surface area contributed by atoms with Gasteiger partial charge in [-0.2, -0.15) is 5.10 Å². The maximum atomic E-state index is 11.6. The molecule has 0 saturated heterocycles. The molecule has 1 N–H and O–H groups in total. The number of hydrogen-bond donors (Lipinski definition) is 1. The van der Waals surface area contributed by atoms with Gasteiger partial charge in [0.05, 0.1) is 23.9 Å². The number of aryl methyl sites for hydroxylation is 2. The van der Waals surface area contributed by atoms with Crippen molar-refractivity contribution in [3.63, 3.8) is 0 Å². The SMILES string of the molecule is CCOC(=O)c1ccc(N[C@H](C)c2cn(C)nc2C)nc1. The Bertz CT molecular complexity index is 619. The van der Waals surface area contributed by atoms with E-state index < -0.39 is 0 Å². The van der Waals surface area contributed by atoms with Crippen molar-refractivity contribution in [2.75, 3.05) is 11.9 Å². The molecule has 0 aliphatic carbocycles. The highest BCUT2D eigenvalue weighted by Crippen LogP contribution is 2.20. The number of nitrogens with zero attached hydrogens (tertiary/aromatic N) is 3. The van der Waals surface area contributed by atoms with Crippen LogP contribution in [-0.2, 0) is 11.8 Å². The lowest BCUT2D eigenvalue weighted by Crippen LogP contribution is -2.10. The Morgan fingerprint density at radius 2 is 2.24 bits per heavy atom. The van der Waals surface area contributed by atoms with Crippen molar-refractivity contribution in [2.45, 2.75) is 26.8 Å².